The van der Waals surface area contributed by atoms with E-state index in [2.05, 4.69) is 5.10 Å². The molecule has 0 fully saturated rings. The van der Waals surface area contributed by atoms with Gasteiger partial charge in [0.1, 0.15) is 5.75 Å². The van der Waals surface area contributed by atoms with Crippen LogP contribution in [0.5, 0.6) is 5.75 Å². The fourth-order valence-electron chi connectivity index (χ4n) is 2.84. The van der Waals surface area contributed by atoms with Crippen LogP contribution in [0.25, 0.3) is 21.5 Å². The first kappa shape index (κ1) is 15.1. The van der Waals surface area contributed by atoms with Crippen molar-refractivity contribution in [3.8, 4) is 5.75 Å². The van der Waals surface area contributed by atoms with Gasteiger partial charge in [-0.15, -0.1) is 0 Å². The lowest BCUT2D eigenvalue weighted by molar-refractivity contribution is 0.0728. The van der Waals surface area contributed by atoms with Gasteiger partial charge in [0, 0.05) is 12.4 Å². The summed E-state index contributed by atoms with van der Waals surface area (Å²) in [5.41, 5.74) is -0.135. The van der Waals surface area contributed by atoms with Crippen LogP contribution in [0.15, 0.2) is 71.5 Å². The second-order valence-electron chi connectivity index (χ2n) is 5.72. The molecule has 5 heteroatoms. The smallest absolute Gasteiger partial charge is 0.364 e. The van der Waals surface area contributed by atoms with E-state index < -0.39 is 5.97 Å². The van der Waals surface area contributed by atoms with Crippen LogP contribution in [-0.2, 0) is 7.05 Å². The quantitative estimate of drug-likeness (QED) is 0.418. The minimum absolute atomic E-state index is 0.117. The highest BCUT2D eigenvalue weighted by atomic mass is 16.5. The number of rotatable bonds is 2. The number of ether oxygens (including phenoxy) is 1. The van der Waals surface area contributed by atoms with E-state index in [-0.39, 0.29) is 11.3 Å². The average Bonchev–Trinajstić information content (AvgIpc) is 2.64. The van der Waals surface area contributed by atoms with E-state index in [1.54, 1.807) is 36.4 Å². The number of aromatic nitrogens is 2. The molecule has 0 spiro atoms. The second-order valence-corrected chi connectivity index (χ2v) is 5.72. The van der Waals surface area contributed by atoms with E-state index in [9.17, 15) is 9.59 Å². The fraction of sp³-hybridized carbons (Fsp3) is 0.0500. The molecule has 4 rings (SSSR count). The predicted molar refractivity (Wildman–Crippen MR) is 95.9 cm³/mol. The molecule has 3 aromatic carbocycles. The molecule has 0 amide bonds. The van der Waals surface area contributed by atoms with Gasteiger partial charge in [-0.3, -0.25) is 4.79 Å². The first-order valence-corrected chi connectivity index (χ1v) is 7.80. The lowest BCUT2D eigenvalue weighted by Gasteiger charge is -2.08. The first-order valence-electron chi connectivity index (χ1n) is 7.80. The summed E-state index contributed by atoms with van der Waals surface area (Å²) in [5.74, 6) is -0.162. The Morgan fingerprint density at radius 2 is 1.60 bits per heavy atom. The molecule has 25 heavy (non-hydrogen) atoms. The summed E-state index contributed by atoms with van der Waals surface area (Å²) in [7, 11) is 1.52. The molecule has 122 valence electrons. The standard InChI is InChI=1S/C20H14N2O3/c1-22-19(23)17-9-5-4-8-16(17)18(21-22)20(24)25-15-11-10-13-6-2-3-7-14(13)12-15/h2-12H,1H3. The minimum Gasteiger partial charge on any atom is -0.422 e. The Labute approximate surface area is 143 Å². The predicted octanol–water partition coefficient (Wildman–Crippen LogP) is 3.31. The van der Waals surface area contributed by atoms with Crippen molar-refractivity contribution in [2.24, 2.45) is 7.05 Å². The Kier molecular flexibility index (Phi) is 3.54. The van der Waals surface area contributed by atoms with Gasteiger partial charge in [0.15, 0.2) is 5.69 Å². The van der Waals surface area contributed by atoms with Crippen LogP contribution in [0.4, 0.5) is 0 Å². The normalized spacial score (nSPS) is 10.9. The molecule has 0 unspecified atom stereocenters. The van der Waals surface area contributed by atoms with Crippen molar-refractivity contribution in [3.63, 3.8) is 0 Å². The number of benzene rings is 3. The number of hydrogen-bond donors (Lipinski definition) is 0. The van der Waals surface area contributed by atoms with Gasteiger partial charge in [-0.05, 0) is 29.0 Å². The van der Waals surface area contributed by atoms with Crippen molar-refractivity contribution in [2.75, 3.05) is 0 Å². The number of fused-ring (bicyclic) bond motifs is 2. The van der Waals surface area contributed by atoms with Crippen molar-refractivity contribution in [2.45, 2.75) is 0 Å². The summed E-state index contributed by atoms with van der Waals surface area (Å²) in [5, 5.41) is 7.05. The fourth-order valence-corrected chi connectivity index (χ4v) is 2.84. The Balaban J connectivity index is 1.77. The summed E-state index contributed by atoms with van der Waals surface area (Å²) < 4.78 is 6.65. The molecule has 0 aliphatic heterocycles. The molecule has 0 aliphatic rings. The molecule has 0 atom stereocenters. The largest absolute Gasteiger partial charge is 0.422 e. The van der Waals surface area contributed by atoms with Crippen molar-refractivity contribution in [3.05, 3.63) is 82.8 Å². The zero-order valence-electron chi connectivity index (χ0n) is 13.5. The summed E-state index contributed by atoms with van der Waals surface area (Å²) in [6.07, 6.45) is 0. The zero-order valence-corrected chi connectivity index (χ0v) is 13.5. The van der Waals surface area contributed by atoms with Crippen molar-refractivity contribution in [1.29, 1.82) is 0 Å². The summed E-state index contributed by atoms with van der Waals surface area (Å²) in [6.45, 7) is 0. The molecule has 0 aliphatic carbocycles. The van der Waals surface area contributed by atoms with Crippen LogP contribution >= 0.6 is 0 Å². The van der Waals surface area contributed by atoms with Gasteiger partial charge >= 0.3 is 5.97 Å². The minimum atomic E-state index is -0.595. The molecule has 0 radical (unpaired) electrons. The molecule has 1 aromatic heterocycles. The van der Waals surface area contributed by atoms with Crippen LogP contribution < -0.4 is 10.3 Å². The SMILES string of the molecule is Cn1nc(C(=O)Oc2ccc3ccccc3c2)c2ccccc2c1=O. The van der Waals surface area contributed by atoms with Gasteiger partial charge in [0.2, 0.25) is 0 Å². The summed E-state index contributed by atoms with van der Waals surface area (Å²) in [4.78, 5) is 24.8. The molecule has 0 bridgehead atoms. The zero-order chi connectivity index (χ0) is 17.4. The Bertz CT molecular complexity index is 1180. The van der Waals surface area contributed by atoms with Crippen molar-refractivity contribution >= 4 is 27.5 Å². The topological polar surface area (TPSA) is 61.2 Å². The monoisotopic (exact) mass is 330 g/mol. The van der Waals surface area contributed by atoms with Gasteiger partial charge < -0.3 is 4.74 Å². The van der Waals surface area contributed by atoms with E-state index in [0.29, 0.717) is 16.5 Å². The molecule has 4 aromatic rings. The number of carbonyl (C=O) groups is 1. The maximum absolute atomic E-state index is 12.6. The van der Waals surface area contributed by atoms with Crippen molar-refractivity contribution < 1.29 is 9.53 Å². The number of aryl methyl sites for hydroxylation is 1. The van der Waals surface area contributed by atoms with E-state index >= 15 is 0 Å². The second kappa shape index (κ2) is 5.87. The maximum Gasteiger partial charge on any atom is 0.364 e. The van der Waals surface area contributed by atoms with Crippen molar-refractivity contribution in [1.82, 2.24) is 9.78 Å². The lowest BCUT2D eigenvalue weighted by Crippen LogP contribution is -2.24. The van der Waals surface area contributed by atoms with Crippen LogP contribution in [0, 0.1) is 0 Å². The van der Waals surface area contributed by atoms with Crippen LogP contribution in [0.1, 0.15) is 10.5 Å². The Morgan fingerprint density at radius 1 is 0.920 bits per heavy atom. The molecule has 0 saturated heterocycles. The highest BCUT2D eigenvalue weighted by molar-refractivity contribution is 6.03. The Morgan fingerprint density at radius 3 is 2.40 bits per heavy atom. The van der Waals surface area contributed by atoms with Crippen LogP contribution in [-0.4, -0.2) is 15.7 Å². The van der Waals surface area contributed by atoms with Gasteiger partial charge in [0.25, 0.3) is 5.56 Å². The van der Waals surface area contributed by atoms with Crippen LogP contribution in [0.3, 0.4) is 0 Å². The van der Waals surface area contributed by atoms with Gasteiger partial charge in [-0.2, -0.15) is 5.10 Å². The summed E-state index contributed by atoms with van der Waals surface area (Å²) in [6, 6.07) is 20.1. The first-order chi connectivity index (χ1) is 12.1. The molecule has 0 saturated carbocycles. The molecule has 0 N–H and O–H groups in total. The lowest BCUT2D eigenvalue weighted by atomic mass is 10.1. The third-order valence-electron chi connectivity index (χ3n) is 4.08. The highest BCUT2D eigenvalue weighted by Crippen LogP contribution is 2.22. The maximum atomic E-state index is 12.6. The molecular weight excluding hydrogens is 316 g/mol. The van der Waals surface area contributed by atoms with Gasteiger partial charge in [-0.1, -0.05) is 48.5 Å². The third-order valence-corrected chi connectivity index (χ3v) is 4.08. The van der Waals surface area contributed by atoms with E-state index in [0.717, 1.165) is 15.5 Å². The average molecular weight is 330 g/mol. The number of carbonyl (C=O) groups excluding carboxylic acids is 1. The van der Waals surface area contributed by atoms with Crippen LogP contribution in [0.2, 0.25) is 0 Å². The summed E-state index contributed by atoms with van der Waals surface area (Å²) >= 11 is 0. The molecule has 5 nitrogen and oxygen atoms in total. The van der Waals surface area contributed by atoms with E-state index in [4.69, 9.17) is 4.74 Å². The van der Waals surface area contributed by atoms with Gasteiger partial charge in [0.05, 0.1) is 5.39 Å². The number of nitrogens with zero attached hydrogens (tertiary/aromatic N) is 2. The highest BCUT2D eigenvalue weighted by Gasteiger charge is 2.17. The molecule has 1 heterocycles. The number of hydrogen-bond acceptors (Lipinski definition) is 4. The Hall–Kier alpha value is -3.47. The van der Waals surface area contributed by atoms with E-state index in [1.807, 2.05) is 30.3 Å². The number of esters is 1. The van der Waals surface area contributed by atoms with E-state index in [1.165, 1.54) is 7.05 Å². The van der Waals surface area contributed by atoms with Gasteiger partial charge in [-0.25, -0.2) is 9.48 Å². The third kappa shape index (κ3) is 2.65. The molecular formula is C20H14N2O3.